The number of alkyl carbamates (subject to hydrolysis) is 1. The Labute approximate surface area is 111 Å². The Morgan fingerprint density at radius 2 is 1.82 bits per heavy atom. The van der Waals surface area contributed by atoms with Crippen LogP contribution in [-0.2, 0) is 9.53 Å². The Hall–Kier alpha value is -0.780. The van der Waals surface area contributed by atoms with E-state index in [4.69, 9.17) is 4.74 Å². The van der Waals surface area contributed by atoms with E-state index >= 15 is 0 Å². The van der Waals surface area contributed by atoms with E-state index in [-0.39, 0.29) is 16.8 Å². The largest absolute Gasteiger partial charge is 0.444 e. The summed E-state index contributed by atoms with van der Waals surface area (Å²) in [4.78, 5) is 22.4. The molecule has 5 nitrogen and oxygen atoms in total. The van der Waals surface area contributed by atoms with Crippen LogP contribution in [0, 0.1) is 0 Å². The fraction of sp³-hybridized carbons (Fsp3) is 0.818. The molecule has 100 valence electrons. The highest BCUT2D eigenvalue weighted by molar-refractivity contribution is 9.10. The molecule has 0 fully saturated rings. The van der Waals surface area contributed by atoms with Gasteiger partial charge in [0.2, 0.25) is 5.91 Å². The van der Waals surface area contributed by atoms with Gasteiger partial charge in [-0.3, -0.25) is 4.79 Å². The normalized spacial score (nSPS) is 14.7. The monoisotopic (exact) mass is 308 g/mol. The average Bonchev–Trinajstić information content (AvgIpc) is 2.11. The number of carbonyl (C=O) groups excluding carboxylic acids is 2. The Bertz CT molecular complexity index is 274. The average molecular weight is 309 g/mol. The highest BCUT2D eigenvalue weighted by atomic mass is 79.9. The van der Waals surface area contributed by atoms with Gasteiger partial charge in [-0.2, -0.15) is 0 Å². The Balaban J connectivity index is 3.88. The van der Waals surface area contributed by atoms with Crippen molar-refractivity contribution in [3.8, 4) is 0 Å². The highest BCUT2D eigenvalue weighted by Gasteiger charge is 2.17. The molecule has 0 heterocycles. The lowest BCUT2D eigenvalue weighted by Crippen LogP contribution is -2.44. The van der Waals surface area contributed by atoms with Gasteiger partial charge in [-0.05, 0) is 34.6 Å². The molecule has 0 rings (SSSR count). The minimum absolute atomic E-state index is 0.108. The smallest absolute Gasteiger partial charge is 0.407 e. The second-order valence-electron chi connectivity index (χ2n) is 4.91. The van der Waals surface area contributed by atoms with Crippen molar-refractivity contribution in [2.75, 3.05) is 6.54 Å². The molecule has 0 bridgehead atoms. The van der Waals surface area contributed by atoms with Crippen LogP contribution >= 0.6 is 15.9 Å². The van der Waals surface area contributed by atoms with Crippen LogP contribution in [0.1, 0.15) is 34.6 Å². The van der Waals surface area contributed by atoms with Gasteiger partial charge in [0.15, 0.2) is 0 Å². The summed E-state index contributed by atoms with van der Waals surface area (Å²) in [6, 6.07) is -0.144. The van der Waals surface area contributed by atoms with Crippen LogP contribution in [0.15, 0.2) is 0 Å². The number of hydrogen-bond acceptors (Lipinski definition) is 3. The zero-order valence-corrected chi connectivity index (χ0v) is 12.6. The summed E-state index contributed by atoms with van der Waals surface area (Å²) in [5.74, 6) is -0.108. The van der Waals surface area contributed by atoms with E-state index in [1.54, 1.807) is 27.7 Å². The van der Waals surface area contributed by atoms with Crippen LogP contribution in [0.2, 0.25) is 0 Å². The maximum absolute atomic E-state index is 11.3. The predicted octanol–water partition coefficient (Wildman–Crippen LogP) is 1.80. The third-order valence-corrected chi connectivity index (χ3v) is 2.12. The molecule has 17 heavy (non-hydrogen) atoms. The lowest BCUT2D eigenvalue weighted by Gasteiger charge is -2.21. The highest BCUT2D eigenvalue weighted by Crippen LogP contribution is 2.06. The van der Waals surface area contributed by atoms with Gasteiger partial charge in [0, 0.05) is 12.6 Å². The molecule has 6 heteroatoms. The number of carbonyl (C=O) groups is 2. The molecule has 0 saturated carbocycles. The van der Waals surface area contributed by atoms with E-state index < -0.39 is 11.7 Å². The first-order valence-electron chi connectivity index (χ1n) is 5.53. The molecule has 0 aliphatic heterocycles. The van der Waals surface area contributed by atoms with Crippen LogP contribution in [0.3, 0.4) is 0 Å². The number of amides is 2. The number of nitrogens with one attached hydrogen (secondary N) is 2. The van der Waals surface area contributed by atoms with Gasteiger partial charge in [-0.1, -0.05) is 15.9 Å². The van der Waals surface area contributed by atoms with E-state index in [0.29, 0.717) is 6.54 Å². The molecule has 0 radical (unpaired) electrons. The van der Waals surface area contributed by atoms with Crippen molar-refractivity contribution in [3.63, 3.8) is 0 Å². The van der Waals surface area contributed by atoms with Crippen LogP contribution < -0.4 is 10.6 Å². The van der Waals surface area contributed by atoms with E-state index in [1.165, 1.54) is 0 Å². The van der Waals surface area contributed by atoms with Gasteiger partial charge >= 0.3 is 6.09 Å². The van der Waals surface area contributed by atoms with Crippen LogP contribution in [0.5, 0.6) is 0 Å². The lowest BCUT2D eigenvalue weighted by atomic mass is 10.2. The molecule has 2 amide bonds. The number of alkyl halides is 1. The van der Waals surface area contributed by atoms with Crippen molar-refractivity contribution in [2.24, 2.45) is 0 Å². The topological polar surface area (TPSA) is 67.4 Å². The number of halogens is 1. The SMILES string of the molecule is CC(CNC(=O)OC(C)(C)C)NC(=O)C(C)Br. The van der Waals surface area contributed by atoms with E-state index in [2.05, 4.69) is 26.6 Å². The van der Waals surface area contributed by atoms with Crippen molar-refractivity contribution in [1.29, 1.82) is 0 Å². The van der Waals surface area contributed by atoms with E-state index in [0.717, 1.165) is 0 Å². The van der Waals surface area contributed by atoms with Gasteiger partial charge < -0.3 is 15.4 Å². The fourth-order valence-corrected chi connectivity index (χ4v) is 1.09. The third kappa shape index (κ3) is 8.97. The first-order chi connectivity index (χ1) is 7.61. The maximum atomic E-state index is 11.3. The van der Waals surface area contributed by atoms with Crippen LogP contribution in [0.4, 0.5) is 4.79 Å². The van der Waals surface area contributed by atoms with Gasteiger partial charge in [0.1, 0.15) is 5.60 Å². The summed E-state index contributed by atoms with van der Waals surface area (Å²) in [5, 5.41) is 5.33. The van der Waals surface area contributed by atoms with Crippen molar-refractivity contribution in [3.05, 3.63) is 0 Å². The molecule has 0 aromatic carbocycles. The molecule has 0 aromatic rings. The summed E-state index contributed by atoms with van der Waals surface area (Å²) in [5.41, 5.74) is -0.513. The molecule has 2 N–H and O–H groups in total. The molecule has 0 saturated heterocycles. The van der Waals surface area contributed by atoms with Crippen molar-refractivity contribution < 1.29 is 14.3 Å². The van der Waals surface area contributed by atoms with Crippen LogP contribution in [-0.4, -0.2) is 35.0 Å². The Morgan fingerprint density at radius 3 is 2.24 bits per heavy atom. The van der Waals surface area contributed by atoms with Crippen molar-refractivity contribution in [2.45, 2.75) is 51.1 Å². The molecular formula is C11H21BrN2O3. The van der Waals surface area contributed by atoms with Gasteiger partial charge in [0.05, 0.1) is 4.83 Å². The van der Waals surface area contributed by atoms with Crippen molar-refractivity contribution >= 4 is 27.9 Å². The standard InChI is InChI=1S/C11H21BrN2O3/c1-7(14-9(15)8(2)12)6-13-10(16)17-11(3,4)5/h7-8H,6H2,1-5H3,(H,13,16)(H,14,15). The number of hydrogen-bond donors (Lipinski definition) is 2. The zero-order valence-electron chi connectivity index (χ0n) is 11.0. The summed E-state index contributed by atoms with van der Waals surface area (Å²) in [7, 11) is 0. The molecule has 0 spiro atoms. The second kappa shape index (κ2) is 6.83. The van der Waals surface area contributed by atoms with Crippen molar-refractivity contribution in [1.82, 2.24) is 10.6 Å². The Morgan fingerprint density at radius 1 is 1.29 bits per heavy atom. The second-order valence-corrected chi connectivity index (χ2v) is 6.28. The molecule has 0 aliphatic carbocycles. The lowest BCUT2D eigenvalue weighted by molar-refractivity contribution is -0.120. The predicted molar refractivity (Wildman–Crippen MR) is 70.2 cm³/mol. The summed E-state index contributed by atoms with van der Waals surface area (Å²) >= 11 is 3.16. The first-order valence-corrected chi connectivity index (χ1v) is 6.44. The third-order valence-electron chi connectivity index (χ3n) is 1.70. The van der Waals surface area contributed by atoms with Crippen LogP contribution in [0.25, 0.3) is 0 Å². The van der Waals surface area contributed by atoms with Gasteiger partial charge in [0.25, 0.3) is 0 Å². The minimum atomic E-state index is -0.513. The quantitative estimate of drug-likeness (QED) is 0.778. The first kappa shape index (κ1) is 16.2. The maximum Gasteiger partial charge on any atom is 0.407 e. The fourth-order valence-electron chi connectivity index (χ4n) is 0.959. The molecular weight excluding hydrogens is 288 g/mol. The zero-order chi connectivity index (χ0) is 13.6. The number of ether oxygens (including phenoxy) is 1. The molecule has 0 aliphatic rings. The van der Waals surface area contributed by atoms with E-state index in [1.807, 2.05) is 6.92 Å². The van der Waals surface area contributed by atoms with Gasteiger partial charge in [-0.25, -0.2) is 4.79 Å². The summed E-state index contributed by atoms with van der Waals surface area (Å²) in [6.07, 6.45) is -0.481. The molecule has 2 unspecified atom stereocenters. The molecule has 0 aromatic heterocycles. The number of rotatable bonds is 4. The minimum Gasteiger partial charge on any atom is -0.444 e. The summed E-state index contributed by atoms with van der Waals surface area (Å²) < 4.78 is 5.07. The molecule has 2 atom stereocenters. The van der Waals surface area contributed by atoms with Gasteiger partial charge in [-0.15, -0.1) is 0 Å². The Kier molecular flexibility index (Phi) is 6.52. The van der Waals surface area contributed by atoms with E-state index in [9.17, 15) is 9.59 Å². The summed E-state index contributed by atoms with van der Waals surface area (Å²) in [6.45, 7) is 9.27.